The van der Waals surface area contributed by atoms with Gasteiger partial charge in [-0.3, -0.25) is 4.90 Å². The molecule has 1 saturated carbocycles. The minimum atomic E-state index is 0.957. The largest absolute Gasteiger partial charge is 0.299 e. The highest BCUT2D eigenvalue weighted by molar-refractivity contribution is 14.1. The molecule has 1 saturated heterocycles. The molecule has 2 fully saturated rings. The van der Waals surface area contributed by atoms with Crippen LogP contribution in [0.3, 0.4) is 0 Å². The van der Waals surface area contributed by atoms with Crippen LogP contribution in [-0.4, -0.2) is 28.5 Å². The van der Waals surface area contributed by atoms with E-state index in [4.69, 9.17) is 0 Å². The highest BCUT2D eigenvalue weighted by atomic mass is 127. The average molecular weight is 293 g/mol. The minimum absolute atomic E-state index is 0.957. The predicted molar refractivity (Wildman–Crippen MR) is 65.4 cm³/mol. The summed E-state index contributed by atoms with van der Waals surface area (Å²) < 4.78 is 1.30. The van der Waals surface area contributed by atoms with Crippen LogP contribution in [0.4, 0.5) is 0 Å². The van der Waals surface area contributed by atoms with Crippen LogP contribution in [0.1, 0.15) is 32.6 Å². The van der Waals surface area contributed by atoms with Crippen molar-refractivity contribution in [3.05, 3.63) is 0 Å². The molecule has 76 valence electrons. The molecule has 1 nitrogen and oxygen atoms in total. The van der Waals surface area contributed by atoms with Crippen molar-refractivity contribution >= 4 is 22.6 Å². The molecule has 0 N–H and O–H groups in total. The summed E-state index contributed by atoms with van der Waals surface area (Å²) in [6, 6.07) is 0.957. The Labute approximate surface area is 95.4 Å². The van der Waals surface area contributed by atoms with Gasteiger partial charge in [-0.05, 0) is 24.7 Å². The summed E-state index contributed by atoms with van der Waals surface area (Å²) >= 11 is 2.51. The van der Waals surface area contributed by atoms with Crippen molar-refractivity contribution < 1.29 is 0 Å². The van der Waals surface area contributed by atoms with Gasteiger partial charge in [0.25, 0.3) is 0 Å². The molecule has 0 aromatic heterocycles. The first kappa shape index (κ1) is 10.2. The Kier molecular flexibility index (Phi) is 3.52. The Morgan fingerprint density at radius 2 is 2.08 bits per heavy atom. The van der Waals surface area contributed by atoms with Gasteiger partial charge in [0.05, 0.1) is 0 Å². The monoisotopic (exact) mass is 293 g/mol. The third-order valence-corrected chi connectivity index (χ3v) is 4.36. The van der Waals surface area contributed by atoms with Gasteiger partial charge in [0.1, 0.15) is 0 Å². The van der Waals surface area contributed by atoms with Crippen molar-refractivity contribution in [1.29, 1.82) is 0 Å². The summed E-state index contributed by atoms with van der Waals surface area (Å²) in [5, 5.41) is 0. The third-order valence-electron chi connectivity index (χ3n) is 3.88. The Hall–Kier alpha value is 0.690. The van der Waals surface area contributed by atoms with Crippen molar-refractivity contribution in [3.8, 4) is 0 Å². The van der Waals surface area contributed by atoms with Crippen LogP contribution in [0.5, 0.6) is 0 Å². The predicted octanol–water partition coefficient (Wildman–Crippen LogP) is 2.93. The second-order valence-electron chi connectivity index (χ2n) is 4.68. The standard InChI is InChI=1S/C11H20IN/c1-9-8-13(7-6-12)11-5-3-2-4-10(9)11/h9-11H,2-8H2,1H3. The molecule has 1 aliphatic carbocycles. The van der Waals surface area contributed by atoms with Crippen LogP contribution in [-0.2, 0) is 0 Å². The zero-order chi connectivity index (χ0) is 9.26. The van der Waals surface area contributed by atoms with Crippen LogP contribution in [0, 0.1) is 11.8 Å². The number of fused-ring (bicyclic) bond motifs is 1. The molecule has 2 heteroatoms. The molecule has 2 rings (SSSR count). The van der Waals surface area contributed by atoms with Gasteiger partial charge < -0.3 is 0 Å². The number of alkyl halides is 1. The highest BCUT2D eigenvalue weighted by Gasteiger charge is 2.39. The van der Waals surface area contributed by atoms with Crippen molar-refractivity contribution in [3.63, 3.8) is 0 Å². The molecule has 0 aromatic carbocycles. The SMILES string of the molecule is CC1CN(CCI)C2CCCCC12. The van der Waals surface area contributed by atoms with Crippen LogP contribution < -0.4 is 0 Å². The van der Waals surface area contributed by atoms with E-state index in [0.29, 0.717) is 0 Å². The molecule has 13 heavy (non-hydrogen) atoms. The molecule has 1 heterocycles. The molecule has 3 atom stereocenters. The number of hydrogen-bond acceptors (Lipinski definition) is 1. The summed E-state index contributed by atoms with van der Waals surface area (Å²) in [6.45, 7) is 5.15. The summed E-state index contributed by atoms with van der Waals surface area (Å²) in [7, 11) is 0. The van der Waals surface area contributed by atoms with E-state index < -0.39 is 0 Å². The third kappa shape index (κ3) is 2.04. The Morgan fingerprint density at radius 1 is 1.31 bits per heavy atom. The van der Waals surface area contributed by atoms with Gasteiger partial charge in [-0.2, -0.15) is 0 Å². The van der Waals surface area contributed by atoms with Crippen LogP contribution >= 0.6 is 22.6 Å². The molecular formula is C11H20IN. The molecule has 0 amide bonds. The lowest BCUT2D eigenvalue weighted by atomic mass is 9.80. The molecule has 0 spiro atoms. The number of halogens is 1. The van der Waals surface area contributed by atoms with Crippen molar-refractivity contribution in [2.24, 2.45) is 11.8 Å². The van der Waals surface area contributed by atoms with Gasteiger partial charge in [-0.1, -0.05) is 42.4 Å². The van der Waals surface area contributed by atoms with E-state index in [9.17, 15) is 0 Å². The van der Waals surface area contributed by atoms with E-state index in [-0.39, 0.29) is 0 Å². The Morgan fingerprint density at radius 3 is 2.85 bits per heavy atom. The van der Waals surface area contributed by atoms with Gasteiger partial charge in [0.2, 0.25) is 0 Å². The number of hydrogen-bond donors (Lipinski definition) is 0. The fraction of sp³-hybridized carbons (Fsp3) is 1.00. The Bertz CT molecular complexity index is 171. The van der Waals surface area contributed by atoms with Gasteiger partial charge in [0, 0.05) is 23.6 Å². The van der Waals surface area contributed by atoms with Gasteiger partial charge in [-0.25, -0.2) is 0 Å². The first-order chi connectivity index (χ1) is 6.33. The quantitative estimate of drug-likeness (QED) is 0.559. The molecule has 2 aliphatic rings. The summed E-state index contributed by atoms with van der Waals surface area (Å²) in [5.74, 6) is 2.00. The lowest BCUT2D eigenvalue weighted by molar-refractivity contribution is 0.189. The van der Waals surface area contributed by atoms with Crippen molar-refractivity contribution in [2.75, 3.05) is 17.5 Å². The smallest absolute Gasteiger partial charge is 0.0127 e. The van der Waals surface area contributed by atoms with E-state index in [1.54, 1.807) is 0 Å². The zero-order valence-electron chi connectivity index (χ0n) is 8.51. The molecular weight excluding hydrogens is 273 g/mol. The number of nitrogens with zero attached hydrogens (tertiary/aromatic N) is 1. The maximum absolute atomic E-state index is 2.75. The lowest BCUT2D eigenvalue weighted by Crippen LogP contribution is -2.35. The fourth-order valence-corrected chi connectivity index (χ4v) is 3.88. The van der Waals surface area contributed by atoms with Gasteiger partial charge in [0.15, 0.2) is 0 Å². The van der Waals surface area contributed by atoms with Crippen molar-refractivity contribution in [2.45, 2.75) is 38.6 Å². The highest BCUT2D eigenvalue weighted by Crippen LogP contribution is 2.39. The maximum atomic E-state index is 2.75. The van der Waals surface area contributed by atoms with Crippen LogP contribution in [0.2, 0.25) is 0 Å². The number of rotatable bonds is 2. The first-order valence-corrected chi connectivity index (χ1v) is 7.15. The molecule has 3 unspecified atom stereocenters. The summed E-state index contributed by atoms with van der Waals surface area (Å²) in [6.07, 6.45) is 5.95. The molecule has 0 aromatic rings. The number of likely N-dealkylation sites (tertiary alicyclic amines) is 1. The van der Waals surface area contributed by atoms with E-state index in [0.717, 1.165) is 17.9 Å². The van der Waals surface area contributed by atoms with Crippen LogP contribution in [0.15, 0.2) is 0 Å². The van der Waals surface area contributed by atoms with Gasteiger partial charge >= 0.3 is 0 Å². The van der Waals surface area contributed by atoms with E-state index in [1.807, 2.05) is 0 Å². The van der Waals surface area contributed by atoms with Gasteiger partial charge in [-0.15, -0.1) is 0 Å². The second kappa shape index (κ2) is 4.47. The molecule has 1 aliphatic heterocycles. The first-order valence-electron chi connectivity index (χ1n) is 5.63. The Balaban J connectivity index is 1.99. The van der Waals surface area contributed by atoms with Crippen LogP contribution in [0.25, 0.3) is 0 Å². The lowest BCUT2D eigenvalue weighted by Gasteiger charge is -2.31. The molecule has 0 radical (unpaired) electrons. The summed E-state index contributed by atoms with van der Waals surface area (Å²) in [4.78, 5) is 2.75. The summed E-state index contributed by atoms with van der Waals surface area (Å²) in [5.41, 5.74) is 0. The maximum Gasteiger partial charge on any atom is 0.0127 e. The zero-order valence-corrected chi connectivity index (χ0v) is 10.7. The van der Waals surface area contributed by atoms with E-state index in [1.165, 1.54) is 43.2 Å². The topological polar surface area (TPSA) is 3.24 Å². The average Bonchev–Trinajstić information content (AvgIpc) is 2.46. The minimum Gasteiger partial charge on any atom is -0.299 e. The molecule has 0 bridgehead atoms. The van der Waals surface area contributed by atoms with E-state index in [2.05, 4.69) is 34.4 Å². The fourth-order valence-electron chi connectivity index (χ4n) is 3.26. The second-order valence-corrected chi connectivity index (χ2v) is 5.76. The van der Waals surface area contributed by atoms with E-state index >= 15 is 0 Å². The normalized spacial score (nSPS) is 40.6. The van der Waals surface area contributed by atoms with Crippen molar-refractivity contribution in [1.82, 2.24) is 4.90 Å².